The van der Waals surface area contributed by atoms with Gasteiger partial charge < -0.3 is 20.1 Å². The van der Waals surface area contributed by atoms with Crippen molar-refractivity contribution in [3.8, 4) is 0 Å². The fraction of sp³-hybridized carbons (Fsp3) is 0.682. The maximum atomic E-state index is 13.3. The van der Waals surface area contributed by atoms with Gasteiger partial charge in [-0.05, 0) is 29.9 Å². The van der Waals surface area contributed by atoms with E-state index in [0.717, 1.165) is 6.07 Å². The van der Waals surface area contributed by atoms with Crippen LogP contribution < -0.4 is 10.6 Å². The zero-order chi connectivity index (χ0) is 22.4. The van der Waals surface area contributed by atoms with Gasteiger partial charge in [-0.25, -0.2) is 0 Å². The van der Waals surface area contributed by atoms with Gasteiger partial charge in [-0.15, -0.1) is 0 Å². The lowest BCUT2D eigenvalue weighted by molar-refractivity contribution is -0.137. The molecule has 1 heterocycles. The molecule has 1 aromatic carbocycles. The average molecular weight is 430 g/mol. The van der Waals surface area contributed by atoms with E-state index >= 15 is 0 Å². The number of nitrogens with one attached hydrogen (secondary N) is 2. The predicted molar refractivity (Wildman–Crippen MR) is 113 cm³/mol. The van der Waals surface area contributed by atoms with Gasteiger partial charge in [0.15, 0.2) is 5.96 Å². The molecule has 170 valence electrons. The molecule has 0 radical (unpaired) electrons. The van der Waals surface area contributed by atoms with Crippen LogP contribution in [0.1, 0.15) is 44.7 Å². The lowest BCUT2D eigenvalue weighted by Gasteiger charge is -2.38. The quantitative estimate of drug-likeness (QED) is 0.531. The van der Waals surface area contributed by atoms with Gasteiger partial charge in [0, 0.05) is 45.9 Å². The SMILES string of the molecule is CN=C(NCC(OC)C(C)(C)C)NCC1(c2cccc(C(F)(F)F)c2)CCOCC1. The second-order valence-corrected chi connectivity index (χ2v) is 8.87. The molecule has 1 aliphatic rings. The first kappa shape index (κ1) is 24.5. The fourth-order valence-corrected chi connectivity index (χ4v) is 3.76. The number of halogens is 3. The molecule has 0 saturated carbocycles. The molecule has 30 heavy (non-hydrogen) atoms. The van der Waals surface area contributed by atoms with E-state index in [9.17, 15) is 13.2 Å². The number of aliphatic imine (C=N–C) groups is 1. The second-order valence-electron chi connectivity index (χ2n) is 8.87. The first-order chi connectivity index (χ1) is 14.0. The summed E-state index contributed by atoms with van der Waals surface area (Å²) in [5.41, 5.74) is -0.447. The summed E-state index contributed by atoms with van der Waals surface area (Å²) in [6, 6.07) is 5.64. The first-order valence-electron chi connectivity index (χ1n) is 10.2. The van der Waals surface area contributed by atoms with Crippen LogP contribution in [0.25, 0.3) is 0 Å². The van der Waals surface area contributed by atoms with E-state index in [-0.39, 0.29) is 11.5 Å². The summed E-state index contributed by atoms with van der Waals surface area (Å²) < 4.78 is 50.8. The first-order valence-corrected chi connectivity index (χ1v) is 10.2. The Hall–Kier alpha value is -1.80. The van der Waals surface area contributed by atoms with Crippen LogP contribution >= 0.6 is 0 Å². The molecular weight excluding hydrogens is 395 g/mol. The lowest BCUT2D eigenvalue weighted by atomic mass is 9.73. The Morgan fingerprint density at radius 1 is 1.20 bits per heavy atom. The zero-order valence-corrected chi connectivity index (χ0v) is 18.5. The summed E-state index contributed by atoms with van der Waals surface area (Å²) in [5, 5.41) is 6.59. The van der Waals surface area contributed by atoms with Gasteiger partial charge in [0.2, 0.25) is 0 Å². The molecule has 1 atom stereocenters. The van der Waals surface area contributed by atoms with E-state index in [2.05, 4.69) is 36.4 Å². The number of ether oxygens (including phenoxy) is 2. The van der Waals surface area contributed by atoms with Crippen LogP contribution in [0.5, 0.6) is 0 Å². The zero-order valence-electron chi connectivity index (χ0n) is 18.5. The molecule has 1 fully saturated rings. The van der Waals surface area contributed by atoms with Crippen LogP contribution in [0.2, 0.25) is 0 Å². The van der Waals surface area contributed by atoms with E-state index in [1.165, 1.54) is 12.1 Å². The normalized spacial score (nSPS) is 18.7. The highest BCUT2D eigenvalue weighted by atomic mass is 19.4. The average Bonchev–Trinajstić information content (AvgIpc) is 2.70. The molecule has 1 unspecified atom stereocenters. The third kappa shape index (κ3) is 6.35. The van der Waals surface area contributed by atoms with Crippen LogP contribution in [-0.2, 0) is 21.1 Å². The number of hydrogen-bond donors (Lipinski definition) is 2. The van der Waals surface area contributed by atoms with Gasteiger partial charge in [0.05, 0.1) is 11.7 Å². The number of hydrogen-bond acceptors (Lipinski definition) is 3. The van der Waals surface area contributed by atoms with Gasteiger partial charge in [-0.2, -0.15) is 13.2 Å². The summed E-state index contributed by atoms with van der Waals surface area (Å²) in [6.45, 7) is 8.36. The molecule has 1 saturated heterocycles. The van der Waals surface area contributed by atoms with E-state index in [1.807, 2.05) is 0 Å². The standard InChI is InChI=1S/C22H34F3N3O2/c1-20(2,3)18(29-5)14-27-19(26-4)28-15-21(9-11-30-12-10-21)16-7-6-8-17(13-16)22(23,24)25/h6-8,13,18H,9-12,14-15H2,1-5H3,(H2,26,27,28). The Morgan fingerprint density at radius 3 is 2.40 bits per heavy atom. The number of guanidine groups is 1. The smallest absolute Gasteiger partial charge is 0.381 e. The third-order valence-electron chi connectivity index (χ3n) is 5.78. The van der Waals surface area contributed by atoms with Crippen molar-refractivity contribution in [3.63, 3.8) is 0 Å². The van der Waals surface area contributed by atoms with Crippen molar-refractivity contribution in [3.05, 3.63) is 35.4 Å². The Kier molecular flexibility index (Phi) is 8.16. The summed E-state index contributed by atoms with van der Waals surface area (Å²) in [7, 11) is 3.35. The molecular formula is C22H34F3N3O2. The van der Waals surface area contributed by atoms with E-state index in [4.69, 9.17) is 9.47 Å². The summed E-state index contributed by atoms with van der Waals surface area (Å²) in [6.07, 6.45) is -3.10. The Balaban J connectivity index is 2.15. The molecule has 2 rings (SSSR count). The van der Waals surface area contributed by atoms with E-state index in [0.29, 0.717) is 50.7 Å². The minimum absolute atomic E-state index is 0.0171. The van der Waals surface area contributed by atoms with Gasteiger partial charge >= 0.3 is 6.18 Å². The molecule has 0 aromatic heterocycles. The maximum absolute atomic E-state index is 13.3. The van der Waals surface area contributed by atoms with Crippen LogP contribution in [-0.4, -0.2) is 52.5 Å². The highest BCUT2D eigenvalue weighted by Crippen LogP contribution is 2.37. The highest BCUT2D eigenvalue weighted by Gasteiger charge is 2.37. The molecule has 1 aliphatic heterocycles. The molecule has 1 aromatic rings. The van der Waals surface area contributed by atoms with Crippen molar-refractivity contribution in [1.82, 2.24) is 10.6 Å². The highest BCUT2D eigenvalue weighted by molar-refractivity contribution is 5.79. The van der Waals surface area contributed by atoms with Gasteiger partial charge in [0.25, 0.3) is 0 Å². The maximum Gasteiger partial charge on any atom is 0.416 e. The molecule has 5 nitrogen and oxygen atoms in total. The van der Waals surface area contributed by atoms with Crippen molar-refractivity contribution in [1.29, 1.82) is 0 Å². The summed E-state index contributed by atoms with van der Waals surface area (Å²) in [5.74, 6) is 0.596. The molecule has 2 N–H and O–H groups in total. The van der Waals surface area contributed by atoms with Crippen molar-refractivity contribution < 1.29 is 22.6 Å². The van der Waals surface area contributed by atoms with E-state index < -0.39 is 17.2 Å². The summed E-state index contributed by atoms with van der Waals surface area (Å²) >= 11 is 0. The molecule has 0 spiro atoms. The van der Waals surface area contributed by atoms with E-state index in [1.54, 1.807) is 20.2 Å². The fourth-order valence-electron chi connectivity index (χ4n) is 3.76. The Labute approximate surface area is 177 Å². The molecule has 8 heteroatoms. The predicted octanol–water partition coefficient (Wildman–Crippen LogP) is 3.98. The topological polar surface area (TPSA) is 54.9 Å². The minimum Gasteiger partial charge on any atom is -0.381 e. The Bertz CT molecular complexity index is 708. The monoisotopic (exact) mass is 429 g/mol. The van der Waals surface area contributed by atoms with Crippen molar-refractivity contribution in [2.24, 2.45) is 10.4 Å². The van der Waals surface area contributed by atoms with Crippen LogP contribution in [0.4, 0.5) is 13.2 Å². The lowest BCUT2D eigenvalue weighted by Crippen LogP contribution is -2.50. The van der Waals surface area contributed by atoms with Crippen LogP contribution in [0, 0.1) is 5.41 Å². The Morgan fingerprint density at radius 2 is 1.87 bits per heavy atom. The van der Waals surface area contributed by atoms with Gasteiger partial charge in [-0.3, -0.25) is 4.99 Å². The largest absolute Gasteiger partial charge is 0.416 e. The number of rotatable bonds is 6. The van der Waals surface area contributed by atoms with Gasteiger partial charge in [0.1, 0.15) is 0 Å². The number of nitrogens with zero attached hydrogens (tertiary/aromatic N) is 1. The van der Waals surface area contributed by atoms with Gasteiger partial charge in [-0.1, -0.05) is 39.0 Å². The number of methoxy groups -OCH3 is 1. The number of alkyl halides is 3. The number of benzene rings is 1. The van der Waals surface area contributed by atoms with Crippen LogP contribution in [0.15, 0.2) is 29.3 Å². The van der Waals surface area contributed by atoms with Crippen LogP contribution in [0.3, 0.4) is 0 Å². The summed E-state index contributed by atoms with van der Waals surface area (Å²) in [4.78, 5) is 4.27. The second kappa shape index (κ2) is 10.0. The van der Waals surface area contributed by atoms with Crippen molar-refractivity contribution in [2.75, 3.05) is 40.5 Å². The minimum atomic E-state index is -4.37. The van der Waals surface area contributed by atoms with Crippen molar-refractivity contribution in [2.45, 2.75) is 51.3 Å². The molecule has 0 aliphatic carbocycles. The molecule has 0 bridgehead atoms. The molecule has 0 amide bonds. The third-order valence-corrected chi connectivity index (χ3v) is 5.78. The van der Waals surface area contributed by atoms with Crippen molar-refractivity contribution >= 4 is 5.96 Å².